The van der Waals surface area contributed by atoms with Crippen molar-refractivity contribution in [2.45, 2.75) is 0 Å². The van der Waals surface area contributed by atoms with Gasteiger partial charge in [-0.3, -0.25) is 9.59 Å². The fraction of sp³-hybridized carbons (Fsp3) is 0.182. The van der Waals surface area contributed by atoms with Gasteiger partial charge < -0.3 is 4.74 Å². The maximum absolute atomic E-state index is 11.5. The number of alkyl halides is 1. The number of ketones is 1. The molecule has 0 spiro atoms. The predicted octanol–water partition coefficient (Wildman–Crippen LogP) is 1.80. The molecule has 0 heterocycles. The fourth-order valence-corrected chi connectivity index (χ4v) is 1.45. The topological polar surface area (TPSA) is 67.2 Å². The fourth-order valence-electron chi connectivity index (χ4n) is 1.30. The highest BCUT2D eigenvalue weighted by Gasteiger charge is 2.16. The van der Waals surface area contributed by atoms with Crippen LogP contribution in [0.3, 0.4) is 0 Å². The van der Waals surface area contributed by atoms with Gasteiger partial charge in [0.2, 0.25) is 0 Å². The summed E-state index contributed by atoms with van der Waals surface area (Å²) in [6.45, 7) is 0. The Labute approximate surface area is 97.4 Å². The summed E-state index contributed by atoms with van der Waals surface area (Å²) in [4.78, 5) is 22.1. The number of halogens is 1. The van der Waals surface area contributed by atoms with Crippen molar-refractivity contribution in [1.29, 1.82) is 5.26 Å². The van der Waals surface area contributed by atoms with E-state index in [1.54, 1.807) is 0 Å². The van der Waals surface area contributed by atoms with Crippen LogP contribution in [0.5, 0.6) is 5.75 Å². The van der Waals surface area contributed by atoms with E-state index in [9.17, 15) is 9.59 Å². The minimum absolute atomic E-state index is 0.139. The van der Waals surface area contributed by atoms with E-state index in [4.69, 9.17) is 21.6 Å². The molecule has 0 aromatic heterocycles. The molecule has 1 rings (SSSR count). The summed E-state index contributed by atoms with van der Waals surface area (Å²) in [6.07, 6.45) is 0.561. The number of rotatable bonds is 4. The lowest BCUT2D eigenvalue weighted by Gasteiger charge is -2.08. The molecule has 0 bridgehead atoms. The Hall–Kier alpha value is -1.86. The summed E-state index contributed by atoms with van der Waals surface area (Å²) in [5.74, 6) is -0.471. The third-order valence-corrected chi connectivity index (χ3v) is 2.24. The monoisotopic (exact) mass is 237 g/mol. The Morgan fingerprint density at radius 2 is 2.31 bits per heavy atom. The number of benzene rings is 1. The van der Waals surface area contributed by atoms with Crippen LogP contribution in [0.25, 0.3) is 0 Å². The SMILES string of the molecule is COc1c(C#N)cc(C=O)cc1C(=O)CCl. The highest BCUT2D eigenvalue weighted by atomic mass is 35.5. The first kappa shape index (κ1) is 12.2. The number of ether oxygens (including phenoxy) is 1. The van der Waals surface area contributed by atoms with Gasteiger partial charge in [-0.15, -0.1) is 11.6 Å². The van der Waals surface area contributed by atoms with Crippen LogP contribution >= 0.6 is 11.6 Å². The lowest BCUT2D eigenvalue weighted by molar-refractivity contribution is 0.101. The standard InChI is InChI=1S/C11H8ClNO3/c1-16-11-8(5-13)2-7(6-14)3-9(11)10(15)4-12/h2-3,6H,4H2,1H3. The largest absolute Gasteiger partial charge is 0.495 e. The van der Waals surface area contributed by atoms with Crippen molar-refractivity contribution >= 4 is 23.7 Å². The zero-order valence-electron chi connectivity index (χ0n) is 8.49. The molecule has 0 saturated heterocycles. The molecule has 1 aromatic carbocycles. The normalized spacial score (nSPS) is 9.31. The Morgan fingerprint density at radius 3 is 2.75 bits per heavy atom. The van der Waals surface area contributed by atoms with Crippen molar-refractivity contribution in [3.63, 3.8) is 0 Å². The number of nitrogens with zero attached hydrogens (tertiary/aromatic N) is 1. The molecule has 0 aliphatic carbocycles. The average molecular weight is 238 g/mol. The van der Waals surface area contributed by atoms with Crippen molar-refractivity contribution in [3.05, 3.63) is 28.8 Å². The highest BCUT2D eigenvalue weighted by molar-refractivity contribution is 6.31. The summed E-state index contributed by atoms with van der Waals surface area (Å²) in [7, 11) is 1.35. The van der Waals surface area contributed by atoms with E-state index in [-0.39, 0.29) is 28.3 Å². The van der Waals surface area contributed by atoms with E-state index in [0.717, 1.165) is 0 Å². The second kappa shape index (κ2) is 5.29. The highest BCUT2D eigenvalue weighted by Crippen LogP contribution is 2.25. The second-order valence-electron chi connectivity index (χ2n) is 2.94. The lowest BCUT2D eigenvalue weighted by Crippen LogP contribution is -2.06. The van der Waals surface area contributed by atoms with E-state index in [1.165, 1.54) is 19.2 Å². The lowest BCUT2D eigenvalue weighted by atomic mass is 10.0. The number of carbonyl (C=O) groups is 2. The van der Waals surface area contributed by atoms with Crippen molar-refractivity contribution in [3.8, 4) is 11.8 Å². The first-order chi connectivity index (χ1) is 7.67. The van der Waals surface area contributed by atoms with Crippen LogP contribution in [-0.2, 0) is 0 Å². The van der Waals surface area contributed by atoms with Gasteiger partial charge in [0.1, 0.15) is 18.1 Å². The summed E-state index contributed by atoms with van der Waals surface area (Å²) < 4.78 is 4.97. The van der Waals surface area contributed by atoms with Crippen LogP contribution in [0.15, 0.2) is 12.1 Å². The molecule has 0 N–H and O–H groups in total. The maximum Gasteiger partial charge on any atom is 0.181 e. The second-order valence-corrected chi connectivity index (χ2v) is 3.20. The Balaban J connectivity index is 3.50. The van der Waals surface area contributed by atoms with Crippen LogP contribution in [0, 0.1) is 11.3 Å². The third-order valence-electron chi connectivity index (χ3n) is 1.99. The van der Waals surface area contributed by atoms with Gasteiger partial charge in [-0.2, -0.15) is 5.26 Å². The van der Waals surface area contributed by atoms with Crippen LogP contribution < -0.4 is 4.74 Å². The molecule has 1 aromatic rings. The van der Waals surface area contributed by atoms with Crippen molar-refractivity contribution in [2.75, 3.05) is 13.0 Å². The average Bonchev–Trinajstić information content (AvgIpc) is 2.35. The van der Waals surface area contributed by atoms with E-state index in [1.807, 2.05) is 6.07 Å². The van der Waals surface area contributed by atoms with Crippen molar-refractivity contribution in [2.24, 2.45) is 0 Å². The zero-order chi connectivity index (χ0) is 12.1. The summed E-state index contributed by atoms with van der Waals surface area (Å²) in [5.41, 5.74) is 0.532. The molecular formula is C11H8ClNO3. The number of nitriles is 1. The number of Topliss-reactive ketones (excluding diaryl/α,β-unsaturated/α-hetero) is 1. The van der Waals surface area contributed by atoms with Gasteiger partial charge in [-0.25, -0.2) is 0 Å². The quantitative estimate of drug-likeness (QED) is 0.455. The molecule has 0 aliphatic rings. The van der Waals surface area contributed by atoms with Crippen molar-refractivity contribution < 1.29 is 14.3 Å². The predicted molar refractivity (Wildman–Crippen MR) is 58.1 cm³/mol. The molecule has 0 fully saturated rings. The first-order valence-corrected chi connectivity index (χ1v) is 4.87. The van der Waals surface area contributed by atoms with Gasteiger partial charge in [0.05, 0.1) is 24.1 Å². The Kier molecular flexibility index (Phi) is 4.03. The first-order valence-electron chi connectivity index (χ1n) is 4.34. The molecule has 0 saturated carbocycles. The molecule has 0 atom stereocenters. The van der Waals surface area contributed by atoms with Gasteiger partial charge >= 0.3 is 0 Å². The Bertz CT molecular complexity index is 477. The molecule has 0 aliphatic heterocycles. The molecule has 4 nitrogen and oxygen atoms in total. The van der Waals surface area contributed by atoms with Crippen LogP contribution in [0.4, 0.5) is 0 Å². The molecular weight excluding hydrogens is 230 g/mol. The summed E-state index contributed by atoms with van der Waals surface area (Å²) >= 11 is 5.43. The van der Waals surface area contributed by atoms with Gasteiger partial charge in [0.15, 0.2) is 5.78 Å². The number of hydrogen-bond acceptors (Lipinski definition) is 4. The number of aldehydes is 1. The van der Waals surface area contributed by atoms with Crippen LogP contribution in [0.2, 0.25) is 0 Å². The van der Waals surface area contributed by atoms with Gasteiger partial charge in [-0.05, 0) is 12.1 Å². The van der Waals surface area contributed by atoms with Crippen molar-refractivity contribution in [1.82, 2.24) is 0 Å². The molecule has 16 heavy (non-hydrogen) atoms. The van der Waals surface area contributed by atoms with E-state index >= 15 is 0 Å². The van der Waals surface area contributed by atoms with Crippen LogP contribution in [0.1, 0.15) is 26.3 Å². The molecule has 82 valence electrons. The minimum atomic E-state index is -0.390. The van der Waals surface area contributed by atoms with E-state index in [0.29, 0.717) is 6.29 Å². The minimum Gasteiger partial charge on any atom is -0.495 e. The molecule has 0 radical (unpaired) electrons. The van der Waals surface area contributed by atoms with Gasteiger partial charge in [0, 0.05) is 5.56 Å². The van der Waals surface area contributed by atoms with Crippen LogP contribution in [-0.4, -0.2) is 25.1 Å². The Morgan fingerprint density at radius 1 is 1.62 bits per heavy atom. The molecule has 0 unspecified atom stereocenters. The zero-order valence-corrected chi connectivity index (χ0v) is 9.25. The third kappa shape index (κ3) is 2.20. The number of methoxy groups -OCH3 is 1. The summed E-state index contributed by atoms with van der Waals surface area (Å²) in [6, 6.07) is 4.58. The molecule has 5 heteroatoms. The summed E-state index contributed by atoms with van der Waals surface area (Å²) in [5, 5.41) is 8.86. The number of hydrogen-bond donors (Lipinski definition) is 0. The van der Waals surface area contributed by atoms with Gasteiger partial charge in [-0.1, -0.05) is 0 Å². The molecule has 0 amide bonds. The van der Waals surface area contributed by atoms with Gasteiger partial charge in [0.25, 0.3) is 0 Å². The smallest absolute Gasteiger partial charge is 0.181 e. The maximum atomic E-state index is 11.5. The van der Waals surface area contributed by atoms with E-state index in [2.05, 4.69) is 0 Å². The number of carbonyl (C=O) groups excluding carboxylic acids is 2. The van der Waals surface area contributed by atoms with E-state index < -0.39 is 5.78 Å².